The summed E-state index contributed by atoms with van der Waals surface area (Å²) in [7, 11) is 0. The maximum absolute atomic E-state index is 12.0. The van der Waals surface area contributed by atoms with Crippen molar-refractivity contribution in [3.05, 3.63) is 29.8 Å². The van der Waals surface area contributed by atoms with Gasteiger partial charge in [-0.15, -0.1) is 0 Å². The molecule has 1 saturated heterocycles. The molecule has 114 valence electrons. The number of aliphatic hydroxyl groups excluding tert-OH is 1. The van der Waals surface area contributed by atoms with Crippen LogP contribution in [0, 0.1) is 5.92 Å². The van der Waals surface area contributed by atoms with Crippen LogP contribution in [0.15, 0.2) is 24.3 Å². The van der Waals surface area contributed by atoms with Crippen molar-refractivity contribution in [1.29, 1.82) is 0 Å². The van der Waals surface area contributed by atoms with Crippen LogP contribution in [0.25, 0.3) is 0 Å². The van der Waals surface area contributed by atoms with E-state index in [1.54, 1.807) is 24.3 Å². The van der Waals surface area contributed by atoms with Crippen molar-refractivity contribution in [2.75, 3.05) is 31.6 Å². The van der Waals surface area contributed by atoms with E-state index < -0.39 is 5.91 Å². The second-order valence-electron chi connectivity index (χ2n) is 5.42. The van der Waals surface area contributed by atoms with Gasteiger partial charge in [0.25, 0.3) is 0 Å². The summed E-state index contributed by atoms with van der Waals surface area (Å²) in [5.41, 5.74) is 6.21. The van der Waals surface area contributed by atoms with Gasteiger partial charge in [0.05, 0.1) is 6.54 Å². The number of amides is 2. The summed E-state index contributed by atoms with van der Waals surface area (Å²) in [6.07, 6.45) is 2.02. The van der Waals surface area contributed by atoms with E-state index in [0.717, 1.165) is 25.9 Å². The fourth-order valence-corrected chi connectivity index (χ4v) is 2.57. The van der Waals surface area contributed by atoms with Crippen LogP contribution in [0.4, 0.5) is 5.69 Å². The molecule has 0 saturated carbocycles. The molecule has 1 fully saturated rings. The minimum Gasteiger partial charge on any atom is -0.396 e. The smallest absolute Gasteiger partial charge is 0.248 e. The molecule has 0 radical (unpaired) electrons. The quantitative estimate of drug-likeness (QED) is 0.733. The number of benzene rings is 1. The summed E-state index contributed by atoms with van der Waals surface area (Å²) in [6.45, 7) is 2.12. The lowest BCUT2D eigenvalue weighted by molar-refractivity contribution is -0.117. The zero-order chi connectivity index (χ0) is 15.2. The second kappa shape index (κ2) is 7.19. The van der Waals surface area contributed by atoms with Gasteiger partial charge in [-0.2, -0.15) is 0 Å². The molecular formula is C15H21N3O3. The first-order valence-electron chi connectivity index (χ1n) is 7.11. The van der Waals surface area contributed by atoms with E-state index in [2.05, 4.69) is 10.2 Å². The van der Waals surface area contributed by atoms with Crippen LogP contribution in [-0.2, 0) is 4.79 Å². The molecule has 1 aromatic rings. The molecule has 1 unspecified atom stereocenters. The highest BCUT2D eigenvalue weighted by Gasteiger charge is 2.20. The molecule has 1 heterocycles. The Labute approximate surface area is 123 Å². The van der Waals surface area contributed by atoms with Gasteiger partial charge in [-0.1, -0.05) is 0 Å². The van der Waals surface area contributed by atoms with Gasteiger partial charge in [-0.05, 0) is 49.6 Å². The van der Waals surface area contributed by atoms with Gasteiger partial charge in [0.1, 0.15) is 0 Å². The third kappa shape index (κ3) is 4.54. The average molecular weight is 291 g/mol. The zero-order valence-corrected chi connectivity index (χ0v) is 11.9. The van der Waals surface area contributed by atoms with E-state index in [0.29, 0.717) is 17.8 Å². The summed E-state index contributed by atoms with van der Waals surface area (Å²) < 4.78 is 0. The second-order valence-corrected chi connectivity index (χ2v) is 5.42. The molecule has 21 heavy (non-hydrogen) atoms. The van der Waals surface area contributed by atoms with E-state index >= 15 is 0 Å². The average Bonchev–Trinajstić information content (AvgIpc) is 2.47. The number of hydrogen-bond donors (Lipinski definition) is 3. The minimum atomic E-state index is -0.490. The molecule has 1 aliphatic heterocycles. The Morgan fingerprint density at radius 3 is 2.67 bits per heavy atom. The lowest BCUT2D eigenvalue weighted by Gasteiger charge is -2.31. The van der Waals surface area contributed by atoms with Gasteiger partial charge in [0.2, 0.25) is 11.8 Å². The van der Waals surface area contributed by atoms with Gasteiger partial charge in [0.15, 0.2) is 0 Å². The van der Waals surface area contributed by atoms with Crippen LogP contribution in [0.2, 0.25) is 0 Å². The van der Waals surface area contributed by atoms with Crippen molar-refractivity contribution < 1.29 is 14.7 Å². The van der Waals surface area contributed by atoms with Crippen LogP contribution in [0.5, 0.6) is 0 Å². The molecule has 2 rings (SSSR count). The predicted octanol–water partition coefficient (Wildman–Crippen LogP) is 0.428. The number of primary amides is 1. The number of hydrogen-bond acceptors (Lipinski definition) is 4. The number of nitrogens with one attached hydrogen (secondary N) is 1. The Morgan fingerprint density at radius 2 is 2.05 bits per heavy atom. The lowest BCUT2D eigenvalue weighted by atomic mass is 9.99. The third-order valence-electron chi connectivity index (χ3n) is 3.68. The third-order valence-corrected chi connectivity index (χ3v) is 3.68. The zero-order valence-electron chi connectivity index (χ0n) is 11.9. The van der Waals surface area contributed by atoms with E-state index in [-0.39, 0.29) is 18.4 Å². The monoisotopic (exact) mass is 291 g/mol. The number of nitrogens with two attached hydrogens (primary N) is 1. The Morgan fingerprint density at radius 1 is 1.33 bits per heavy atom. The summed E-state index contributed by atoms with van der Waals surface area (Å²) in [5, 5.41) is 12.0. The largest absolute Gasteiger partial charge is 0.396 e. The van der Waals surface area contributed by atoms with E-state index in [4.69, 9.17) is 5.73 Å². The van der Waals surface area contributed by atoms with Crippen LogP contribution in [0.1, 0.15) is 23.2 Å². The van der Waals surface area contributed by atoms with Gasteiger partial charge in [-0.3, -0.25) is 14.5 Å². The molecule has 0 aliphatic carbocycles. The van der Waals surface area contributed by atoms with Crippen LogP contribution < -0.4 is 11.1 Å². The molecule has 0 bridgehead atoms. The van der Waals surface area contributed by atoms with Crippen LogP contribution >= 0.6 is 0 Å². The normalized spacial score (nSPS) is 19.2. The number of likely N-dealkylation sites (tertiary alicyclic amines) is 1. The number of piperidine rings is 1. The molecule has 0 spiro atoms. The summed E-state index contributed by atoms with van der Waals surface area (Å²) in [4.78, 5) is 25.0. The first-order valence-corrected chi connectivity index (χ1v) is 7.11. The highest BCUT2D eigenvalue weighted by atomic mass is 16.3. The SMILES string of the molecule is NC(=O)c1ccc(NC(=O)CN2CCCC(CO)C2)cc1. The maximum atomic E-state index is 12.0. The van der Waals surface area contributed by atoms with E-state index in [1.165, 1.54) is 0 Å². The maximum Gasteiger partial charge on any atom is 0.248 e. The van der Waals surface area contributed by atoms with Crippen molar-refractivity contribution in [1.82, 2.24) is 4.90 Å². The minimum absolute atomic E-state index is 0.0968. The highest BCUT2D eigenvalue weighted by molar-refractivity contribution is 5.95. The van der Waals surface area contributed by atoms with Crippen molar-refractivity contribution in [2.24, 2.45) is 11.7 Å². The van der Waals surface area contributed by atoms with E-state index in [9.17, 15) is 14.7 Å². The summed E-state index contributed by atoms with van der Waals surface area (Å²) >= 11 is 0. The summed E-state index contributed by atoms with van der Waals surface area (Å²) in [5.74, 6) is -0.321. The molecular weight excluding hydrogens is 270 g/mol. The van der Waals surface area contributed by atoms with E-state index in [1.807, 2.05) is 0 Å². The predicted molar refractivity (Wildman–Crippen MR) is 79.8 cm³/mol. The molecule has 1 atom stereocenters. The Kier molecular flexibility index (Phi) is 5.30. The first kappa shape index (κ1) is 15.5. The fourth-order valence-electron chi connectivity index (χ4n) is 2.57. The first-order chi connectivity index (χ1) is 10.1. The number of carbonyl (C=O) groups is 2. The van der Waals surface area contributed by atoms with Crippen LogP contribution in [0.3, 0.4) is 0 Å². The standard InChI is InChI=1S/C15H21N3O3/c16-15(21)12-3-5-13(6-4-12)17-14(20)9-18-7-1-2-11(8-18)10-19/h3-6,11,19H,1-2,7-10H2,(H2,16,21)(H,17,20). The highest BCUT2D eigenvalue weighted by Crippen LogP contribution is 2.16. The van der Waals surface area contributed by atoms with Gasteiger partial charge in [0, 0.05) is 24.4 Å². The number of anilines is 1. The van der Waals surface area contributed by atoms with Crippen molar-refractivity contribution in [3.8, 4) is 0 Å². The van der Waals surface area contributed by atoms with Crippen molar-refractivity contribution in [2.45, 2.75) is 12.8 Å². The number of aliphatic hydroxyl groups is 1. The molecule has 6 nitrogen and oxygen atoms in total. The van der Waals surface area contributed by atoms with Gasteiger partial charge in [-0.25, -0.2) is 0 Å². The molecule has 2 amide bonds. The van der Waals surface area contributed by atoms with Gasteiger partial charge >= 0.3 is 0 Å². The summed E-state index contributed by atoms with van der Waals surface area (Å²) in [6, 6.07) is 6.48. The Hall–Kier alpha value is -1.92. The lowest BCUT2D eigenvalue weighted by Crippen LogP contribution is -2.41. The van der Waals surface area contributed by atoms with Gasteiger partial charge < -0.3 is 16.2 Å². The number of carbonyl (C=O) groups excluding carboxylic acids is 2. The number of nitrogens with zero attached hydrogens (tertiary/aromatic N) is 1. The number of rotatable bonds is 5. The molecule has 1 aromatic carbocycles. The van der Waals surface area contributed by atoms with Crippen molar-refractivity contribution >= 4 is 17.5 Å². The fraction of sp³-hybridized carbons (Fsp3) is 0.467. The Balaban J connectivity index is 1.85. The Bertz CT molecular complexity index is 501. The molecule has 4 N–H and O–H groups in total. The van der Waals surface area contributed by atoms with Crippen molar-refractivity contribution in [3.63, 3.8) is 0 Å². The molecule has 0 aromatic heterocycles. The van der Waals surface area contributed by atoms with Crippen LogP contribution in [-0.4, -0.2) is 48.1 Å². The molecule has 6 heteroatoms. The topological polar surface area (TPSA) is 95.7 Å². The molecule has 1 aliphatic rings.